The van der Waals surface area contributed by atoms with Crippen LogP contribution >= 0.6 is 0 Å². The molecule has 3 heteroatoms. The highest BCUT2D eigenvalue weighted by Crippen LogP contribution is 2.39. The quantitative estimate of drug-likeness (QED) is 0.652. The summed E-state index contributed by atoms with van der Waals surface area (Å²) < 4.78 is 11.0. The zero-order valence-corrected chi connectivity index (χ0v) is 9.41. The molecular weight excluding hydrogens is 190 g/mol. The summed E-state index contributed by atoms with van der Waals surface area (Å²) in [5.74, 6) is 0. The Bertz CT molecular complexity index is 220. The van der Waals surface area contributed by atoms with Gasteiger partial charge in [-0.25, -0.2) is 0 Å². The number of hydrogen-bond donors (Lipinski definition) is 0. The summed E-state index contributed by atoms with van der Waals surface area (Å²) in [4.78, 5) is 2.69. The zero-order chi connectivity index (χ0) is 10.1. The van der Waals surface area contributed by atoms with Gasteiger partial charge in [-0.2, -0.15) is 0 Å². The molecular formula is C12H21NO2. The fourth-order valence-electron chi connectivity index (χ4n) is 3.30. The van der Waals surface area contributed by atoms with Crippen molar-refractivity contribution < 1.29 is 9.47 Å². The molecule has 0 aromatic rings. The maximum Gasteiger partial charge on any atom is 0.0536 e. The normalized spacial score (nSPS) is 39.2. The molecule has 86 valence electrons. The SMILES string of the molecule is C1CC(N2CC[C@@]3(CCOC3)C2)CCO1. The van der Waals surface area contributed by atoms with Crippen LogP contribution in [0.2, 0.25) is 0 Å². The molecule has 0 amide bonds. The third-order valence-corrected chi connectivity index (χ3v) is 4.36. The lowest BCUT2D eigenvalue weighted by Gasteiger charge is -2.32. The summed E-state index contributed by atoms with van der Waals surface area (Å²) in [7, 11) is 0. The molecule has 0 aromatic carbocycles. The van der Waals surface area contributed by atoms with Crippen molar-refractivity contribution in [2.75, 3.05) is 39.5 Å². The average molecular weight is 211 g/mol. The molecule has 0 bridgehead atoms. The van der Waals surface area contributed by atoms with Crippen LogP contribution in [0.3, 0.4) is 0 Å². The molecule has 0 aromatic heterocycles. The van der Waals surface area contributed by atoms with Crippen molar-refractivity contribution in [3.63, 3.8) is 0 Å². The summed E-state index contributed by atoms with van der Waals surface area (Å²) in [6, 6.07) is 0.790. The molecule has 15 heavy (non-hydrogen) atoms. The van der Waals surface area contributed by atoms with E-state index in [0.29, 0.717) is 5.41 Å². The molecule has 0 saturated carbocycles. The second-order valence-corrected chi connectivity index (χ2v) is 5.37. The lowest BCUT2D eigenvalue weighted by Crippen LogP contribution is -2.39. The minimum absolute atomic E-state index is 0.526. The predicted molar refractivity (Wildman–Crippen MR) is 57.9 cm³/mol. The van der Waals surface area contributed by atoms with Crippen LogP contribution in [-0.2, 0) is 9.47 Å². The van der Waals surface area contributed by atoms with E-state index in [0.717, 1.165) is 32.5 Å². The Morgan fingerprint density at radius 3 is 2.60 bits per heavy atom. The lowest BCUT2D eigenvalue weighted by molar-refractivity contribution is 0.0375. The summed E-state index contributed by atoms with van der Waals surface area (Å²) in [5.41, 5.74) is 0.526. The maximum atomic E-state index is 5.57. The highest BCUT2D eigenvalue weighted by molar-refractivity contribution is 4.94. The van der Waals surface area contributed by atoms with E-state index in [2.05, 4.69) is 4.90 Å². The Balaban J connectivity index is 1.60. The number of rotatable bonds is 1. The minimum atomic E-state index is 0.526. The van der Waals surface area contributed by atoms with E-state index in [1.165, 1.54) is 38.8 Å². The molecule has 3 rings (SSSR count). The third kappa shape index (κ3) is 1.93. The van der Waals surface area contributed by atoms with Gasteiger partial charge in [0.25, 0.3) is 0 Å². The van der Waals surface area contributed by atoms with Crippen LogP contribution in [0.5, 0.6) is 0 Å². The molecule has 0 aliphatic carbocycles. The van der Waals surface area contributed by atoms with Crippen LogP contribution in [0.1, 0.15) is 25.7 Å². The van der Waals surface area contributed by atoms with Gasteiger partial charge in [0.15, 0.2) is 0 Å². The largest absolute Gasteiger partial charge is 0.381 e. The van der Waals surface area contributed by atoms with Crippen molar-refractivity contribution in [2.24, 2.45) is 5.41 Å². The van der Waals surface area contributed by atoms with Crippen molar-refractivity contribution in [1.82, 2.24) is 4.90 Å². The second kappa shape index (κ2) is 4.04. The number of likely N-dealkylation sites (tertiary alicyclic amines) is 1. The van der Waals surface area contributed by atoms with Gasteiger partial charge in [0, 0.05) is 37.8 Å². The smallest absolute Gasteiger partial charge is 0.0536 e. The molecule has 0 radical (unpaired) electrons. The molecule has 3 heterocycles. The van der Waals surface area contributed by atoms with Gasteiger partial charge in [0.2, 0.25) is 0 Å². The van der Waals surface area contributed by atoms with Gasteiger partial charge in [-0.05, 0) is 32.2 Å². The Hall–Kier alpha value is -0.120. The predicted octanol–water partition coefficient (Wildman–Crippen LogP) is 1.28. The van der Waals surface area contributed by atoms with E-state index in [1.54, 1.807) is 0 Å². The summed E-state index contributed by atoms with van der Waals surface area (Å²) in [6.07, 6.45) is 5.10. The van der Waals surface area contributed by atoms with Crippen LogP contribution in [-0.4, -0.2) is 50.5 Å². The third-order valence-electron chi connectivity index (χ3n) is 4.36. The van der Waals surface area contributed by atoms with Crippen molar-refractivity contribution in [1.29, 1.82) is 0 Å². The van der Waals surface area contributed by atoms with Gasteiger partial charge in [0.1, 0.15) is 0 Å². The van der Waals surface area contributed by atoms with E-state index in [9.17, 15) is 0 Å². The first kappa shape index (κ1) is 10.1. The summed E-state index contributed by atoms with van der Waals surface area (Å²) in [6.45, 7) is 6.48. The zero-order valence-electron chi connectivity index (χ0n) is 9.41. The Morgan fingerprint density at radius 2 is 1.87 bits per heavy atom. The average Bonchev–Trinajstić information content (AvgIpc) is 2.91. The van der Waals surface area contributed by atoms with Gasteiger partial charge < -0.3 is 9.47 Å². The Labute approximate surface area is 91.7 Å². The second-order valence-electron chi connectivity index (χ2n) is 5.37. The van der Waals surface area contributed by atoms with E-state index in [4.69, 9.17) is 9.47 Å². The van der Waals surface area contributed by atoms with Crippen LogP contribution in [0.25, 0.3) is 0 Å². The van der Waals surface area contributed by atoms with Gasteiger partial charge in [0.05, 0.1) is 6.61 Å². The number of hydrogen-bond acceptors (Lipinski definition) is 3. The molecule has 0 N–H and O–H groups in total. The van der Waals surface area contributed by atoms with E-state index in [-0.39, 0.29) is 0 Å². The van der Waals surface area contributed by atoms with Gasteiger partial charge >= 0.3 is 0 Å². The summed E-state index contributed by atoms with van der Waals surface area (Å²) >= 11 is 0. The van der Waals surface area contributed by atoms with E-state index in [1.807, 2.05) is 0 Å². The standard InChI is InChI=1S/C12H21NO2/c1-6-14-7-2-11(1)13-5-3-12(9-13)4-8-15-10-12/h11H,1-10H2/t12-/m1/s1. The van der Waals surface area contributed by atoms with Crippen LogP contribution in [0, 0.1) is 5.41 Å². The Morgan fingerprint density at radius 1 is 1.00 bits per heavy atom. The van der Waals surface area contributed by atoms with Crippen molar-refractivity contribution in [3.8, 4) is 0 Å². The molecule has 3 saturated heterocycles. The monoisotopic (exact) mass is 211 g/mol. The lowest BCUT2D eigenvalue weighted by atomic mass is 9.87. The fourth-order valence-corrected chi connectivity index (χ4v) is 3.30. The first-order valence-corrected chi connectivity index (χ1v) is 6.28. The maximum absolute atomic E-state index is 5.57. The summed E-state index contributed by atoms with van der Waals surface area (Å²) in [5, 5.41) is 0. The van der Waals surface area contributed by atoms with E-state index >= 15 is 0 Å². The number of ether oxygens (including phenoxy) is 2. The number of nitrogens with zero attached hydrogens (tertiary/aromatic N) is 1. The van der Waals surface area contributed by atoms with Gasteiger partial charge in [-0.3, -0.25) is 4.90 Å². The van der Waals surface area contributed by atoms with Crippen LogP contribution in [0.4, 0.5) is 0 Å². The van der Waals surface area contributed by atoms with Crippen molar-refractivity contribution in [2.45, 2.75) is 31.7 Å². The minimum Gasteiger partial charge on any atom is -0.381 e. The molecule has 0 unspecified atom stereocenters. The molecule has 3 aliphatic rings. The highest BCUT2D eigenvalue weighted by atomic mass is 16.5. The van der Waals surface area contributed by atoms with Crippen LogP contribution < -0.4 is 0 Å². The Kier molecular flexibility index (Phi) is 2.71. The first-order valence-electron chi connectivity index (χ1n) is 6.28. The molecule has 1 spiro atoms. The first-order chi connectivity index (χ1) is 7.38. The molecule has 3 aliphatic heterocycles. The molecule has 1 atom stereocenters. The fraction of sp³-hybridized carbons (Fsp3) is 1.00. The van der Waals surface area contributed by atoms with Crippen molar-refractivity contribution in [3.05, 3.63) is 0 Å². The highest BCUT2D eigenvalue weighted by Gasteiger charge is 2.43. The van der Waals surface area contributed by atoms with E-state index < -0.39 is 0 Å². The van der Waals surface area contributed by atoms with Crippen LogP contribution in [0.15, 0.2) is 0 Å². The van der Waals surface area contributed by atoms with Gasteiger partial charge in [-0.1, -0.05) is 0 Å². The molecule has 3 nitrogen and oxygen atoms in total. The van der Waals surface area contributed by atoms with Gasteiger partial charge in [-0.15, -0.1) is 0 Å². The van der Waals surface area contributed by atoms with Crippen molar-refractivity contribution >= 4 is 0 Å². The molecule has 3 fully saturated rings. The topological polar surface area (TPSA) is 21.7 Å².